The lowest BCUT2D eigenvalue weighted by Gasteiger charge is -2.35. The number of ether oxygens (including phenoxy) is 1. The smallest absolute Gasteiger partial charge is 0.227 e. The van der Waals surface area contributed by atoms with Crippen molar-refractivity contribution in [2.75, 3.05) is 40.4 Å². The van der Waals surface area contributed by atoms with E-state index in [9.17, 15) is 4.79 Å². The van der Waals surface area contributed by atoms with Crippen LogP contribution < -0.4 is 11.1 Å². The third-order valence-corrected chi connectivity index (χ3v) is 4.29. The summed E-state index contributed by atoms with van der Waals surface area (Å²) >= 11 is 0. The molecule has 1 fully saturated rings. The first-order valence-electron chi connectivity index (χ1n) is 7.64. The van der Waals surface area contributed by atoms with Crippen LogP contribution in [0.1, 0.15) is 33.1 Å². The van der Waals surface area contributed by atoms with Gasteiger partial charge in [0.05, 0.1) is 5.41 Å². The van der Waals surface area contributed by atoms with Gasteiger partial charge >= 0.3 is 0 Å². The number of likely N-dealkylation sites (N-methyl/N-ethyl adjacent to an activating group) is 1. The predicted molar refractivity (Wildman–Crippen MR) is 96.0 cm³/mol. The number of nitrogens with one attached hydrogen (secondary N) is 1. The van der Waals surface area contributed by atoms with Crippen molar-refractivity contribution in [2.24, 2.45) is 17.1 Å². The number of hydrogen-bond acceptors (Lipinski definition) is 4. The Hall–Kier alpha value is -0.0700. The predicted octanol–water partition coefficient (Wildman–Crippen LogP) is 1.68. The van der Waals surface area contributed by atoms with E-state index >= 15 is 0 Å². The Bertz CT molecular complexity index is 309. The minimum Gasteiger partial charge on any atom is -0.381 e. The molecule has 1 atom stereocenters. The summed E-state index contributed by atoms with van der Waals surface area (Å²) in [5, 5.41) is 3.11. The van der Waals surface area contributed by atoms with Crippen molar-refractivity contribution < 1.29 is 9.53 Å². The van der Waals surface area contributed by atoms with Crippen LogP contribution in [0.25, 0.3) is 0 Å². The fourth-order valence-corrected chi connectivity index (χ4v) is 2.70. The molecule has 0 bridgehead atoms. The van der Waals surface area contributed by atoms with Gasteiger partial charge in [0.2, 0.25) is 5.91 Å². The van der Waals surface area contributed by atoms with Crippen molar-refractivity contribution >= 4 is 30.7 Å². The molecule has 5 nitrogen and oxygen atoms in total. The summed E-state index contributed by atoms with van der Waals surface area (Å²) in [5.41, 5.74) is 5.44. The van der Waals surface area contributed by atoms with Crippen molar-refractivity contribution in [3.8, 4) is 0 Å². The summed E-state index contributed by atoms with van der Waals surface area (Å²) in [6.45, 7) is 6.77. The van der Waals surface area contributed by atoms with Crippen molar-refractivity contribution in [1.82, 2.24) is 10.2 Å². The Kier molecular flexibility index (Phi) is 12.6. The van der Waals surface area contributed by atoms with E-state index in [1.54, 1.807) is 0 Å². The number of carbonyl (C=O) groups is 1. The average molecular weight is 358 g/mol. The Morgan fingerprint density at radius 3 is 2.23 bits per heavy atom. The van der Waals surface area contributed by atoms with Crippen LogP contribution in [0.4, 0.5) is 0 Å². The molecule has 1 heterocycles. The first-order chi connectivity index (χ1) is 9.41. The molecule has 134 valence electrons. The van der Waals surface area contributed by atoms with Crippen molar-refractivity contribution in [2.45, 2.75) is 39.2 Å². The lowest BCUT2D eigenvalue weighted by atomic mass is 9.79. The number of rotatable bonds is 7. The first-order valence-corrected chi connectivity index (χ1v) is 7.64. The number of hydrogen-bond donors (Lipinski definition) is 2. The van der Waals surface area contributed by atoms with Crippen molar-refractivity contribution in [1.29, 1.82) is 0 Å². The highest BCUT2D eigenvalue weighted by molar-refractivity contribution is 5.85. The van der Waals surface area contributed by atoms with Gasteiger partial charge in [-0.1, -0.05) is 13.8 Å². The maximum absolute atomic E-state index is 12.5. The summed E-state index contributed by atoms with van der Waals surface area (Å²) in [4.78, 5) is 14.7. The molecule has 1 unspecified atom stereocenters. The third-order valence-electron chi connectivity index (χ3n) is 4.29. The minimum atomic E-state index is -0.424. The maximum Gasteiger partial charge on any atom is 0.227 e. The fraction of sp³-hybridized carbons (Fsp3) is 0.933. The van der Waals surface area contributed by atoms with Crippen LogP contribution in [-0.4, -0.2) is 57.2 Å². The molecule has 7 heteroatoms. The number of nitrogens with two attached hydrogens (primary N) is 1. The molecule has 0 spiro atoms. The molecule has 0 aromatic rings. The van der Waals surface area contributed by atoms with Gasteiger partial charge in [0.25, 0.3) is 0 Å². The zero-order valence-corrected chi connectivity index (χ0v) is 15.9. The summed E-state index contributed by atoms with van der Waals surface area (Å²) < 4.78 is 5.35. The fourth-order valence-electron chi connectivity index (χ4n) is 2.70. The molecule has 1 aliphatic rings. The van der Waals surface area contributed by atoms with Gasteiger partial charge in [-0.15, -0.1) is 24.8 Å². The number of carbonyl (C=O) groups excluding carboxylic acids is 1. The Labute approximate surface area is 147 Å². The standard InChI is InChI=1S/C15H31N3O2.2ClH/c1-12(2)9-13(18(3)4)10-17-14(19)15(11-16)5-7-20-8-6-15;;/h12-13H,5-11,16H2,1-4H3,(H,17,19);2*1H. The molecular formula is C15H33Cl2N3O2. The highest BCUT2D eigenvalue weighted by Crippen LogP contribution is 2.29. The van der Waals surface area contributed by atoms with E-state index in [0.717, 1.165) is 19.3 Å². The van der Waals surface area contributed by atoms with E-state index in [0.29, 0.717) is 38.3 Å². The Balaban J connectivity index is 0. The number of halogens is 2. The van der Waals surface area contributed by atoms with E-state index in [-0.39, 0.29) is 30.7 Å². The lowest BCUT2D eigenvalue weighted by Crippen LogP contribution is -2.51. The molecule has 3 N–H and O–H groups in total. The van der Waals surface area contributed by atoms with Gasteiger partial charge < -0.3 is 20.7 Å². The van der Waals surface area contributed by atoms with Gasteiger partial charge in [-0.3, -0.25) is 4.79 Å². The van der Waals surface area contributed by atoms with Crippen LogP contribution in [0.5, 0.6) is 0 Å². The first kappa shape index (κ1) is 24.2. The molecule has 0 aliphatic carbocycles. The molecule has 22 heavy (non-hydrogen) atoms. The van der Waals surface area contributed by atoms with E-state index in [1.165, 1.54) is 0 Å². The largest absolute Gasteiger partial charge is 0.381 e. The van der Waals surface area contributed by atoms with Gasteiger partial charge in [0, 0.05) is 32.3 Å². The monoisotopic (exact) mass is 357 g/mol. The van der Waals surface area contributed by atoms with Crippen LogP contribution in [0, 0.1) is 11.3 Å². The molecule has 0 saturated carbocycles. The van der Waals surface area contributed by atoms with Gasteiger partial charge in [0.15, 0.2) is 0 Å². The van der Waals surface area contributed by atoms with Gasteiger partial charge in [-0.2, -0.15) is 0 Å². The summed E-state index contributed by atoms with van der Waals surface area (Å²) in [6.07, 6.45) is 2.53. The van der Waals surface area contributed by atoms with E-state index < -0.39 is 5.41 Å². The van der Waals surface area contributed by atoms with Crippen LogP contribution >= 0.6 is 24.8 Å². The van der Waals surface area contributed by atoms with Crippen LogP contribution in [0.3, 0.4) is 0 Å². The van der Waals surface area contributed by atoms with E-state index in [2.05, 4.69) is 38.2 Å². The summed E-state index contributed by atoms with van der Waals surface area (Å²) in [5.74, 6) is 0.713. The Morgan fingerprint density at radius 2 is 1.82 bits per heavy atom. The summed E-state index contributed by atoms with van der Waals surface area (Å²) in [6, 6.07) is 0.369. The van der Waals surface area contributed by atoms with Crippen LogP contribution in [-0.2, 0) is 9.53 Å². The molecular weight excluding hydrogens is 325 g/mol. The van der Waals surface area contributed by atoms with Gasteiger partial charge in [0.1, 0.15) is 0 Å². The second-order valence-corrected chi connectivity index (χ2v) is 6.55. The molecule has 0 aromatic carbocycles. The van der Waals surface area contributed by atoms with Crippen LogP contribution in [0.15, 0.2) is 0 Å². The highest BCUT2D eigenvalue weighted by Gasteiger charge is 2.38. The zero-order valence-electron chi connectivity index (χ0n) is 14.3. The van der Waals surface area contributed by atoms with Gasteiger partial charge in [-0.05, 0) is 39.3 Å². The molecule has 0 aromatic heterocycles. The average Bonchev–Trinajstić information content (AvgIpc) is 2.43. The van der Waals surface area contributed by atoms with E-state index in [1.807, 2.05) is 0 Å². The van der Waals surface area contributed by atoms with Crippen LogP contribution in [0.2, 0.25) is 0 Å². The molecule has 1 amide bonds. The molecule has 1 aliphatic heterocycles. The highest BCUT2D eigenvalue weighted by atomic mass is 35.5. The topological polar surface area (TPSA) is 67.6 Å². The van der Waals surface area contributed by atoms with Crippen molar-refractivity contribution in [3.05, 3.63) is 0 Å². The maximum atomic E-state index is 12.5. The SMILES string of the molecule is CC(C)CC(CNC(=O)C1(CN)CCOCC1)N(C)C.Cl.Cl. The lowest BCUT2D eigenvalue weighted by molar-refractivity contribution is -0.136. The molecule has 1 rings (SSSR count). The van der Waals surface area contributed by atoms with Gasteiger partial charge in [-0.25, -0.2) is 0 Å². The zero-order chi connectivity index (χ0) is 15.2. The molecule has 0 radical (unpaired) electrons. The normalized spacial score (nSPS) is 18.3. The third kappa shape index (κ3) is 7.01. The minimum absolute atomic E-state index is 0. The number of nitrogens with zero attached hydrogens (tertiary/aromatic N) is 1. The quantitative estimate of drug-likeness (QED) is 0.727. The number of amides is 1. The molecule has 1 saturated heterocycles. The second kappa shape index (κ2) is 11.5. The van der Waals surface area contributed by atoms with E-state index in [4.69, 9.17) is 10.5 Å². The van der Waals surface area contributed by atoms with Crippen molar-refractivity contribution in [3.63, 3.8) is 0 Å². The summed E-state index contributed by atoms with van der Waals surface area (Å²) in [7, 11) is 4.12. The second-order valence-electron chi connectivity index (χ2n) is 6.55. The Morgan fingerprint density at radius 1 is 1.27 bits per heavy atom.